The van der Waals surface area contributed by atoms with Crippen molar-refractivity contribution in [2.75, 3.05) is 5.73 Å². The Morgan fingerprint density at radius 3 is 2.43 bits per heavy atom. The summed E-state index contributed by atoms with van der Waals surface area (Å²) in [6.45, 7) is 2.20. The predicted molar refractivity (Wildman–Crippen MR) is 116 cm³/mol. The number of fused-ring (bicyclic) bond motifs is 9. The largest absolute Gasteiger partial charge is 0.399 e. The van der Waals surface area contributed by atoms with Gasteiger partial charge in [0.1, 0.15) is 0 Å². The van der Waals surface area contributed by atoms with E-state index in [1.807, 2.05) is 6.07 Å². The van der Waals surface area contributed by atoms with Gasteiger partial charge in [0.2, 0.25) is 0 Å². The zero-order chi connectivity index (χ0) is 18.9. The summed E-state index contributed by atoms with van der Waals surface area (Å²) in [6, 6.07) is 22.4. The Morgan fingerprint density at radius 1 is 0.786 bits per heavy atom. The highest BCUT2D eigenvalue weighted by atomic mass is 14.6. The molecule has 1 atom stereocenters. The third kappa shape index (κ3) is 1.87. The number of allylic oxidation sites excluding steroid dienone is 4. The summed E-state index contributed by atoms with van der Waals surface area (Å²) in [4.78, 5) is 0. The van der Waals surface area contributed by atoms with Crippen LogP contribution in [0.2, 0.25) is 0 Å². The van der Waals surface area contributed by atoms with Crippen molar-refractivity contribution in [2.24, 2.45) is 0 Å². The number of aryl methyl sites for hydroxylation is 1. The van der Waals surface area contributed by atoms with E-state index in [2.05, 4.69) is 73.7 Å². The minimum absolute atomic E-state index is 0.243. The van der Waals surface area contributed by atoms with Gasteiger partial charge < -0.3 is 5.73 Å². The number of rotatable bonds is 0. The van der Waals surface area contributed by atoms with E-state index in [9.17, 15) is 0 Å². The second kappa shape index (κ2) is 5.48. The lowest BCUT2D eigenvalue weighted by Crippen LogP contribution is -2.36. The van der Waals surface area contributed by atoms with Gasteiger partial charge in [-0.05, 0) is 82.8 Å². The average Bonchev–Trinajstić information content (AvgIpc) is 2.98. The summed E-state index contributed by atoms with van der Waals surface area (Å²) in [5.74, 6) is 0. The van der Waals surface area contributed by atoms with E-state index >= 15 is 0 Å². The molecule has 0 fully saturated rings. The molecular formula is C27H23N. The third-order valence-electron chi connectivity index (χ3n) is 6.77. The zero-order valence-corrected chi connectivity index (χ0v) is 16.1. The van der Waals surface area contributed by atoms with E-state index in [-0.39, 0.29) is 5.41 Å². The molecule has 3 aromatic rings. The molecule has 1 spiro atoms. The van der Waals surface area contributed by atoms with Crippen molar-refractivity contribution in [3.8, 4) is 11.1 Å². The van der Waals surface area contributed by atoms with Crippen LogP contribution in [-0.2, 0) is 11.8 Å². The molecule has 0 amide bonds. The van der Waals surface area contributed by atoms with E-state index in [0.29, 0.717) is 0 Å². The van der Waals surface area contributed by atoms with Crippen LogP contribution in [0.4, 0.5) is 5.69 Å². The highest BCUT2D eigenvalue weighted by Gasteiger charge is 2.51. The molecule has 0 aliphatic heterocycles. The molecule has 3 aliphatic carbocycles. The number of anilines is 1. The van der Waals surface area contributed by atoms with Crippen LogP contribution in [0.5, 0.6) is 0 Å². The van der Waals surface area contributed by atoms with E-state index in [0.717, 1.165) is 24.9 Å². The maximum atomic E-state index is 6.34. The van der Waals surface area contributed by atoms with Crippen LogP contribution in [0.3, 0.4) is 0 Å². The number of nitrogen functional groups attached to an aromatic ring is 1. The fraction of sp³-hybridized carbons (Fsp3) is 0.185. The Hall–Kier alpha value is -3.06. The second-order valence-electron chi connectivity index (χ2n) is 8.36. The van der Waals surface area contributed by atoms with Crippen LogP contribution in [0.15, 0.2) is 84.0 Å². The molecule has 0 bridgehead atoms. The van der Waals surface area contributed by atoms with Crippen molar-refractivity contribution in [3.63, 3.8) is 0 Å². The fourth-order valence-electron chi connectivity index (χ4n) is 5.71. The minimum atomic E-state index is -0.243. The number of benzene rings is 3. The summed E-state index contributed by atoms with van der Waals surface area (Å²) in [5, 5.41) is 0. The topological polar surface area (TPSA) is 26.0 Å². The Balaban J connectivity index is 1.84. The van der Waals surface area contributed by atoms with Gasteiger partial charge in [0, 0.05) is 5.69 Å². The van der Waals surface area contributed by atoms with Crippen LogP contribution in [-0.4, -0.2) is 0 Å². The van der Waals surface area contributed by atoms with Gasteiger partial charge in [-0.1, -0.05) is 66.2 Å². The van der Waals surface area contributed by atoms with Crippen LogP contribution in [0, 0.1) is 6.92 Å². The number of hydrogen-bond acceptors (Lipinski definition) is 1. The molecule has 1 unspecified atom stereocenters. The molecule has 1 nitrogen and oxygen atoms in total. The van der Waals surface area contributed by atoms with Crippen LogP contribution in [0.25, 0.3) is 11.1 Å². The Morgan fingerprint density at radius 2 is 1.54 bits per heavy atom. The SMILES string of the molecule is Cc1ccc2c(c1)C1(C3=CCCC=C3Cc3ccccc31)c1cc(N)ccc1-2. The smallest absolute Gasteiger partial charge is 0.0716 e. The Kier molecular flexibility index (Phi) is 3.12. The van der Waals surface area contributed by atoms with Crippen molar-refractivity contribution in [1.82, 2.24) is 0 Å². The average molecular weight is 361 g/mol. The third-order valence-corrected chi connectivity index (χ3v) is 6.77. The van der Waals surface area contributed by atoms with Crippen molar-refractivity contribution in [3.05, 3.63) is 112 Å². The van der Waals surface area contributed by atoms with Gasteiger partial charge in [-0.2, -0.15) is 0 Å². The van der Waals surface area contributed by atoms with Crippen molar-refractivity contribution < 1.29 is 0 Å². The molecule has 3 aliphatic rings. The summed E-state index contributed by atoms with van der Waals surface area (Å²) in [7, 11) is 0. The lowest BCUT2D eigenvalue weighted by atomic mass is 9.59. The number of hydrogen-bond donors (Lipinski definition) is 1. The van der Waals surface area contributed by atoms with Crippen LogP contribution in [0.1, 0.15) is 40.7 Å². The van der Waals surface area contributed by atoms with Gasteiger partial charge in [-0.25, -0.2) is 0 Å². The van der Waals surface area contributed by atoms with Gasteiger partial charge in [-0.15, -0.1) is 0 Å². The molecule has 0 saturated carbocycles. The van der Waals surface area contributed by atoms with Gasteiger partial charge >= 0.3 is 0 Å². The molecule has 1 heteroatoms. The van der Waals surface area contributed by atoms with Crippen LogP contribution >= 0.6 is 0 Å². The van der Waals surface area contributed by atoms with Gasteiger partial charge in [0.15, 0.2) is 0 Å². The maximum absolute atomic E-state index is 6.34. The van der Waals surface area contributed by atoms with Crippen molar-refractivity contribution >= 4 is 5.69 Å². The highest BCUT2D eigenvalue weighted by Crippen LogP contribution is 2.61. The van der Waals surface area contributed by atoms with Crippen LogP contribution < -0.4 is 5.73 Å². The molecule has 0 radical (unpaired) electrons. The standard InChI is InChI=1S/C27H23N/c1-17-10-12-21-22-13-11-20(28)16-26(22)27(25(21)14-17)23-8-4-2-6-18(23)15-19-7-3-5-9-24(19)27/h2,4,6-14,16H,3,5,15,28H2,1H3. The first-order valence-electron chi connectivity index (χ1n) is 10.2. The molecule has 3 aromatic carbocycles. The lowest BCUT2D eigenvalue weighted by molar-refractivity contribution is 0.692. The molecule has 2 N–H and O–H groups in total. The first kappa shape index (κ1) is 15.9. The van der Waals surface area contributed by atoms with Gasteiger partial charge in [-0.3, -0.25) is 0 Å². The number of nitrogens with two attached hydrogens (primary N) is 1. The van der Waals surface area contributed by atoms with E-state index in [4.69, 9.17) is 5.73 Å². The lowest BCUT2D eigenvalue weighted by Gasteiger charge is -2.43. The predicted octanol–water partition coefficient (Wildman–Crippen LogP) is 6.09. The molecule has 0 heterocycles. The monoisotopic (exact) mass is 361 g/mol. The van der Waals surface area contributed by atoms with Gasteiger partial charge in [0.25, 0.3) is 0 Å². The first-order valence-corrected chi connectivity index (χ1v) is 10.2. The summed E-state index contributed by atoms with van der Waals surface area (Å²) in [5.41, 5.74) is 19.5. The fourth-order valence-corrected chi connectivity index (χ4v) is 5.71. The summed E-state index contributed by atoms with van der Waals surface area (Å²) < 4.78 is 0. The van der Waals surface area contributed by atoms with Crippen molar-refractivity contribution in [2.45, 2.75) is 31.6 Å². The van der Waals surface area contributed by atoms with Gasteiger partial charge in [0.05, 0.1) is 5.41 Å². The molecule has 136 valence electrons. The zero-order valence-electron chi connectivity index (χ0n) is 16.1. The minimum Gasteiger partial charge on any atom is -0.399 e. The Labute approximate surface area is 166 Å². The molecular weight excluding hydrogens is 338 g/mol. The molecule has 28 heavy (non-hydrogen) atoms. The second-order valence-corrected chi connectivity index (χ2v) is 8.36. The summed E-state index contributed by atoms with van der Waals surface area (Å²) in [6.07, 6.45) is 8.24. The van der Waals surface area contributed by atoms with E-state index in [1.54, 1.807) is 0 Å². The van der Waals surface area contributed by atoms with E-state index < -0.39 is 0 Å². The van der Waals surface area contributed by atoms with Crippen molar-refractivity contribution in [1.29, 1.82) is 0 Å². The summed E-state index contributed by atoms with van der Waals surface area (Å²) >= 11 is 0. The first-order chi connectivity index (χ1) is 13.7. The maximum Gasteiger partial charge on any atom is 0.0716 e. The molecule has 0 aromatic heterocycles. The highest BCUT2D eigenvalue weighted by molar-refractivity contribution is 5.89. The quantitative estimate of drug-likeness (QED) is 0.481. The molecule has 6 rings (SSSR count). The molecule has 0 saturated heterocycles. The Bertz CT molecular complexity index is 1160. The normalized spacial score (nSPS) is 21.3. The van der Waals surface area contributed by atoms with E-state index in [1.165, 1.54) is 50.1 Å².